The molecular weight excluding hydrogens is 506 g/mol. The quantitative estimate of drug-likeness (QED) is 0.310. The van der Waals surface area contributed by atoms with Crippen LogP contribution in [0.4, 0.5) is 0 Å². The van der Waals surface area contributed by atoms with Crippen LogP contribution in [0.2, 0.25) is 0 Å². The Bertz CT molecular complexity index is 1520. The highest BCUT2D eigenvalue weighted by Gasteiger charge is 2.53. The molecule has 3 atom stereocenters. The molecule has 2 aromatic rings. The van der Waals surface area contributed by atoms with E-state index in [0.717, 1.165) is 32.1 Å². The van der Waals surface area contributed by atoms with Crippen molar-refractivity contribution in [1.82, 2.24) is 4.31 Å². The molecule has 0 heterocycles. The van der Waals surface area contributed by atoms with E-state index < -0.39 is 15.8 Å². The summed E-state index contributed by atoms with van der Waals surface area (Å²) >= 11 is 0. The van der Waals surface area contributed by atoms with Crippen molar-refractivity contribution in [2.24, 2.45) is 11.3 Å². The molecule has 0 amide bonds. The Morgan fingerprint density at radius 2 is 1.90 bits per heavy atom. The van der Waals surface area contributed by atoms with E-state index in [9.17, 15) is 13.2 Å². The van der Waals surface area contributed by atoms with Crippen LogP contribution in [0.25, 0.3) is 11.6 Å². The van der Waals surface area contributed by atoms with E-state index in [1.54, 1.807) is 28.6 Å². The molecule has 39 heavy (non-hydrogen) atoms. The van der Waals surface area contributed by atoms with E-state index in [4.69, 9.17) is 5.53 Å². The van der Waals surface area contributed by atoms with Gasteiger partial charge in [-0.15, -0.1) is 0 Å². The van der Waals surface area contributed by atoms with Gasteiger partial charge in [0.1, 0.15) is 0 Å². The molecule has 1 saturated carbocycles. The minimum atomic E-state index is -3.88. The molecule has 0 bridgehead atoms. The molecule has 0 N–H and O–H groups in total. The van der Waals surface area contributed by atoms with Crippen LogP contribution < -0.4 is 0 Å². The van der Waals surface area contributed by atoms with Gasteiger partial charge in [-0.05, 0) is 77.2 Å². The second-order valence-corrected chi connectivity index (χ2v) is 14.3. The predicted octanol–water partition coefficient (Wildman–Crippen LogP) is 6.41. The number of rotatable bonds is 6. The topological polar surface area (TPSA) is 90.8 Å². The van der Waals surface area contributed by atoms with E-state index in [-0.39, 0.29) is 27.0 Å². The number of aryl methyl sites for hydroxylation is 1. The lowest BCUT2D eigenvalue weighted by atomic mass is 9.49. The number of benzene rings is 2. The predicted molar refractivity (Wildman–Crippen MR) is 155 cm³/mol. The summed E-state index contributed by atoms with van der Waals surface area (Å²) < 4.78 is 29.9. The Morgan fingerprint density at radius 1 is 1.13 bits per heavy atom. The molecule has 0 aliphatic heterocycles. The van der Waals surface area contributed by atoms with Gasteiger partial charge in [-0.3, -0.25) is 4.79 Å². The Balaban J connectivity index is 1.50. The van der Waals surface area contributed by atoms with Crippen molar-refractivity contribution in [3.63, 3.8) is 0 Å². The highest BCUT2D eigenvalue weighted by atomic mass is 32.2. The van der Waals surface area contributed by atoms with Gasteiger partial charge in [-0.25, -0.2) is 8.42 Å². The molecule has 2 aromatic carbocycles. The van der Waals surface area contributed by atoms with Crippen LogP contribution >= 0.6 is 0 Å². The Morgan fingerprint density at radius 3 is 2.59 bits per heavy atom. The molecule has 3 aliphatic carbocycles. The summed E-state index contributed by atoms with van der Waals surface area (Å²) in [6.45, 7) is 11.8. The van der Waals surface area contributed by atoms with Crippen LogP contribution in [0.3, 0.4) is 0 Å². The molecule has 206 valence electrons. The summed E-state index contributed by atoms with van der Waals surface area (Å²) in [4.78, 5) is 15.9. The van der Waals surface area contributed by atoms with Crippen molar-refractivity contribution in [1.29, 1.82) is 0 Å². The number of allylic oxidation sites excluding steroid dienone is 1. The van der Waals surface area contributed by atoms with Gasteiger partial charge < -0.3 is 5.53 Å². The summed E-state index contributed by atoms with van der Waals surface area (Å²) in [5.41, 5.74) is 13.8. The van der Waals surface area contributed by atoms with E-state index >= 15 is 0 Å². The smallest absolute Gasteiger partial charge is 0.361 e. The minimum absolute atomic E-state index is 0.0143. The van der Waals surface area contributed by atoms with E-state index in [1.807, 2.05) is 6.92 Å². The maximum Gasteiger partial charge on any atom is 0.362 e. The zero-order valence-corrected chi connectivity index (χ0v) is 24.5. The number of carbonyl (C=O) groups is 1. The SMILES string of the molecule is CCN(C[C@@]1(C)CCC[C@]2(C)c3ccc(C(C)C)cc3CC[C@@H]12)S(=O)(=O)c1cccc2c1C=CC(=[N+]=[N-])C2=O. The number of Topliss-reactive ketones (excluding diaryl/α,β-unsaturated/α-hetero) is 1. The molecule has 5 rings (SSSR count). The van der Waals surface area contributed by atoms with Crippen molar-refractivity contribution in [3.05, 3.63) is 75.8 Å². The highest BCUT2D eigenvalue weighted by Crippen LogP contribution is 2.57. The van der Waals surface area contributed by atoms with Crippen molar-refractivity contribution < 1.29 is 18.0 Å². The standard InChI is InChI=1S/C32H39N3O3S/c1-6-35(39(37,38)28-10-7-9-25-24(28)13-15-27(34-33)30(25)36)20-31(4)17-8-18-32(5)26-14-11-22(21(2)3)19-23(26)12-16-29(31)32/h7,9-11,13-15,19,21,29H,6,8,12,16-18,20H2,1-5H3/t29-,31+,32+/m0/s1. The summed E-state index contributed by atoms with van der Waals surface area (Å²) in [7, 11) is -3.88. The van der Waals surface area contributed by atoms with Crippen LogP contribution in [-0.4, -0.2) is 42.1 Å². The molecule has 0 aromatic heterocycles. The van der Waals surface area contributed by atoms with Crippen molar-refractivity contribution in [2.45, 2.75) is 83.0 Å². The largest absolute Gasteiger partial charge is 0.362 e. The third-order valence-corrected chi connectivity index (χ3v) is 11.7. The summed E-state index contributed by atoms with van der Waals surface area (Å²) in [6, 6.07) is 11.8. The molecule has 0 saturated heterocycles. The highest BCUT2D eigenvalue weighted by molar-refractivity contribution is 7.89. The second-order valence-electron chi connectivity index (χ2n) is 12.4. The van der Waals surface area contributed by atoms with Crippen LogP contribution in [0.15, 0.2) is 47.4 Å². The Hall–Kier alpha value is -2.86. The normalized spacial score (nSPS) is 26.3. The zero-order chi connectivity index (χ0) is 28.2. The maximum atomic E-state index is 14.1. The first-order chi connectivity index (χ1) is 18.5. The average Bonchev–Trinajstić information content (AvgIpc) is 2.91. The fraction of sp³-hybridized carbons (Fsp3) is 0.500. The number of hydrogen-bond acceptors (Lipinski definition) is 3. The molecule has 1 fully saturated rings. The van der Waals surface area contributed by atoms with Crippen LogP contribution in [0.1, 0.15) is 98.8 Å². The van der Waals surface area contributed by atoms with E-state index in [0.29, 0.717) is 30.5 Å². The number of nitrogens with zero attached hydrogens (tertiary/aromatic N) is 3. The molecular formula is C32H39N3O3S. The lowest BCUT2D eigenvalue weighted by molar-refractivity contribution is -0.00436. The number of fused-ring (bicyclic) bond motifs is 4. The monoisotopic (exact) mass is 545 g/mol. The first kappa shape index (κ1) is 27.7. The number of carbonyl (C=O) groups excluding carboxylic acids is 1. The molecule has 0 unspecified atom stereocenters. The van der Waals surface area contributed by atoms with Gasteiger partial charge in [0.05, 0.1) is 4.90 Å². The molecule has 3 aliphatic rings. The summed E-state index contributed by atoms with van der Waals surface area (Å²) in [5, 5.41) is 0. The fourth-order valence-electron chi connectivity index (χ4n) is 7.69. The van der Waals surface area contributed by atoms with Gasteiger partial charge in [0.15, 0.2) is 0 Å². The summed E-state index contributed by atoms with van der Waals surface area (Å²) in [6.07, 6.45) is 8.19. The van der Waals surface area contributed by atoms with Crippen LogP contribution in [0.5, 0.6) is 0 Å². The summed E-state index contributed by atoms with van der Waals surface area (Å²) in [5.74, 6) is 0.388. The second kappa shape index (κ2) is 9.96. The van der Waals surface area contributed by atoms with Gasteiger partial charge in [0.2, 0.25) is 10.0 Å². The molecule has 0 spiro atoms. The van der Waals surface area contributed by atoms with Gasteiger partial charge >= 0.3 is 5.71 Å². The lowest BCUT2D eigenvalue weighted by Crippen LogP contribution is -2.54. The maximum absolute atomic E-state index is 14.1. The van der Waals surface area contributed by atoms with Gasteiger partial charge in [-0.2, -0.15) is 9.10 Å². The lowest BCUT2D eigenvalue weighted by Gasteiger charge is -2.56. The van der Waals surface area contributed by atoms with Crippen LogP contribution in [-0.2, 0) is 21.9 Å². The third-order valence-electron chi connectivity index (χ3n) is 9.74. The molecule has 0 radical (unpaired) electrons. The molecule has 7 heteroatoms. The average molecular weight is 546 g/mol. The Kier molecular flexibility index (Phi) is 7.07. The first-order valence-electron chi connectivity index (χ1n) is 14.2. The number of hydrogen-bond donors (Lipinski definition) is 0. The van der Waals surface area contributed by atoms with Gasteiger partial charge in [0, 0.05) is 30.3 Å². The third kappa shape index (κ3) is 4.45. The zero-order valence-electron chi connectivity index (χ0n) is 23.7. The Labute approximate surface area is 232 Å². The van der Waals surface area contributed by atoms with Crippen molar-refractivity contribution >= 4 is 27.6 Å². The molecule has 6 nitrogen and oxygen atoms in total. The van der Waals surface area contributed by atoms with Gasteiger partial charge in [-0.1, -0.05) is 71.4 Å². The number of sulfonamides is 1. The van der Waals surface area contributed by atoms with Crippen molar-refractivity contribution in [2.75, 3.05) is 13.1 Å². The number of ketones is 1. The van der Waals surface area contributed by atoms with E-state index in [2.05, 4.69) is 50.7 Å². The minimum Gasteiger partial charge on any atom is -0.361 e. The van der Waals surface area contributed by atoms with Gasteiger partial charge in [0.25, 0.3) is 5.78 Å². The first-order valence-corrected chi connectivity index (χ1v) is 15.6. The fourth-order valence-corrected chi connectivity index (χ4v) is 9.48. The van der Waals surface area contributed by atoms with E-state index in [1.165, 1.54) is 22.8 Å². The van der Waals surface area contributed by atoms with Crippen LogP contribution in [0, 0.1) is 11.3 Å². The van der Waals surface area contributed by atoms with Crippen molar-refractivity contribution in [3.8, 4) is 0 Å².